The molecule has 2 aromatic rings. The summed E-state index contributed by atoms with van der Waals surface area (Å²) in [4.78, 5) is 28.1. The number of nitrogens with zero attached hydrogens (tertiary/aromatic N) is 2. The van der Waals surface area contributed by atoms with Gasteiger partial charge in [0.25, 0.3) is 5.91 Å². The quantitative estimate of drug-likeness (QED) is 0.294. The molecule has 0 radical (unpaired) electrons. The Morgan fingerprint density at radius 2 is 1.84 bits per heavy atom. The molecule has 0 unspecified atom stereocenters. The van der Waals surface area contributed by atoms with Gasteiger partial charge in [0.1, 0.15) is 16.7 Å². The Balaban J connectivity index is 1.58. The zero-order valence-corrected chi connectivity index (χ0v) is 23.1. The number of morpholine rings is 1. The number of carboxylic acid groups (broad SMARTS) is 1. The predicted molar refractivity (Wildman–Crippen MR) is 151 cm³/mol. The monoisotopic (exact) mass is 580 g/mol. The van der Waals surface area contributed by atoms with Crippen LogP contribution >= 0.6 is 47.2 Å². The highest BCUT2D eigenvalue weighted by Crippen LogP contribution is 2.37. The van der Waals surface area contributed by atoms with Crippen molar-refractivity contribution in [1.29, 1.82) is 0 Å². The molecule has 11 heteroatoms. The van der Waals surface area contributed by atoms with Crippen LogP contribution in [0.5, 0.6) is 5.75 Å². The van der Waals surface area contributed by atoms with Gasteiger partial charge >= 0.3 is 5.97 Å². The van der Waals surface area contributed by atoms with Gasteiger partial charge in [0.2, 0.25) is 0 Å². The van der Waals surface area contributed by atoms with Crippen LogP contribution in [0.3, 0.4) is 0 Å². The van der Waals surface area contributed by atoms with Crippen LogP contribution in [-0.2, 0) is 14.3 Å². The summed E-state index contributed by atoms with van der Waals surface area (Å²) < 4.78 is 12.0. The highest BCUT2D eigenvalue weighted by Gasteiger charge is 2.32. The first-order valence-corrected chi connectivity index (χ1v) is 13.8. The lowest BCUT2D eigenvalue weighted by Crippen LogP contribution is -2.38. The molecular weight excluding hydrogens is 555 g/mol. The topological polar surface area (TPSA) is 79.3 Å². The lowest BCUT2D eigenvalue weighted by Gasteiger charge is -2.26. The molecule has 4 rings (SSSR count). The summed E-state index contributed by atoms with van der Waals surface area (Å²) in [7, 11) is 0. The molecule has 2 heterocycles. The number of carbonyl (C=O) groups excluding carboxylic acids is 1. The molecule has 0 saturated carbocycles. The van der Waals surface area contributed by atoms with Crippen molar-refractivity contribution in [1.82, 2.24) is 9.80 Å². The lowest BCUT2D eigenvalue weighted by atomic mass is 10.0. The molecule has 0 bridgehead atoms. The summed E-state index contributed by atoms with van der Waals surface area (Å²) >= 11 is 18.9. The molecule has 37 heavy (non-hydrogen) atoms. The number of amides is 1. The lowest BCUT2D eigenvalue weighted by molar-refractivity contribution is -0.137. The first-order chi connectivity index (χ1) is 17.8. The Kier molecular flexibility index (Phi) is 9.86. The van der Waals surface area contributed by atoms with Crippen molar-refractivity contribution in [2.45, 2.75) is 12.8 Å². The highest BCUT2D eigenvalue weighted by molar-refractivity contribution is 8.26. The van der Waals surface area contributed by atoms with Gasteiger partial charge in [-0.25, -0.2) is 0 Å². The third kappa shape index (κ3) is 7.46. The van der Waals surface area contributed by atoms with Crippen LogP contribution in [0, 0.1) is 0 Å². The number of thioether (sulfide) groups is 1. The van der Waals surface area contributed by atoms with Gasteiger partial charge < -0.3 is 14.6 Å². The van der Waals surface area contributed by atoms with Crippen molar-refractivity contribution in [3.8, 4) is 16.9 Å². The molecule has 0 aromatic heterocycles. The van der Waals surface area contributed by atoms with Gasteiger partial charge in [0.15, 0.2) is 0 Å². The molecule has 196 valence electrons. The molecule has 2 fully saturated rings. The predicted octanol–water partition coefficient (Wildman–Crippen LogP) is 5.44. The number of ether oxygens (including phenoxy) is 2. The summed E-state index contributed by atoms with van der Waals surface area (Å²) in [5.41, 5.74) is 2.50. The second kappa shape index (κ2) is 13.1. The summed E-state index contributed by atoms with van der Waals surface area (Å²) in [5.74, 6) is -0.494. The average molecular weight is 582 g/mol. The van der Waals surface area contributed by atoms with Gasteiger partial charge in [-0.05, 0) is 47.9 Å². The van der Waals surface area contributed by atoms with Crippen molar-refractivity contribution in [2.24, 2.45) is 0 Å². The zero-order valence-electron chi connectivity index (χ0n) is 20.0. The number of hydrogen-bond acceptors (Lipinski definition) is 7. The van der Waals surface area contributed by atoms with E-state index in [4.69, 9.17) is 50.0 Å². The molecule has 1 amide bonds. The van der Waals surface area contributed by atoms with Crippen molar-refractivity contribution in [3.05, 3.63) is 56.9 Å². The molecule has 2 saturated heterocycles. The fraction of sp³-hybridized carbons (Fsp3) is 0.346. The van der Waals surface area contributed by atoms with Gasteiger partial charge in [-0.2, -0.15) is 0 Å². The van der Waals surface area contributed by atoms with Crippen molar-refractivity contribution >= 4 is 69.5 Å². The SMILES string of the molecule is O=C(O)CCCN1C(=O)/C(=C/c2cc(-c3ccc(Cl)c(Cl)c3)ccc2OCCN2CCOCC2)SC1=S. The fourth-order valence-electron chi connectivity index (χ4n) is 3.98. The van der Waals surface area contributed by atoms with E-state index in [1.165, 1.54) is 16.7 Å². The number of carboxylic acids is 1. The van der Waals surface area contributed by atoms with Crippen molar-refractivity contribution in [3.63, 3.8) is 0 Å². The van der Waals surface area contributed by atoms with E-state index in [0.717, 1.165) is 49.5 Å². The van der Waals surface area contributed by atoms with E-state index in [1.807, 2.05) is 24.3 Å². The third-order valence-corrected chi connectivity index (χ3v) is 8.08. The van der Waals surface area contributed by atoms with Gasteiger partial charge in [0, 0.05) is 38.2 Å². The normalized spacial score (nSPS) is 17.6. The van der Waals surface area contributed by atoms with E-state index in [9.17, 15) is 9.59 Å². The van der Waals surface area contributed by atoms with Gasteiger partial charge in [-0.15, -0.1) is 0 Å². The van der Waals surface area contributed by atoms with Crippen LogP contribution in [-0.4, -0.2) is 77.1 Å². The molecule has 2 aromatic carbocycles. The number of hydrogen-bond donors (Lipinski definition) is 1. The van der Waals surface area contributed by atoms with Gasteiger partial charge in [-0.1, -0.05) is 59.3 Å². The second-order valence-corrected chi connectivity index (χ2v) is 11.0. The molecule has 7 nitrogen and oxygen atoms in total. The van der Waals surface area contributed by atoms with Crippen LogP contribution in [0.2, 0.25) is 10.0 Å². The molecule has 2 aliphatic heterocycles. The zero-order chi connectivity index (χ0) is 26.4. The number of carbonyl (C=O) groups is 2. The Morgan fingerprint density at radius 3 is 2.57 bits per heavy atom. The van der Waals surface area contributed by atoms with E-state index in [-0.39, 0.29) is 18.9 Å². The van der Waals surface area contributed by atoms with E-state index in [1.54, 1.807) is 18.2 Å². The van der Waals surface area contributed by atoms with Gasteiger partial charge in [0.05, 0.1) is 28.2 Å². The van der Waals surface area contributed by atoms with E-state index < -0.39 is 5.97 Å². The number of aliphatic carboxylic acids is 1. The van der Waals surface area contributed by atoms with Crippen molar-refractivity contribution in [2.75, 3.05) is 46.0 Å². The maximum absolute atomic E-state index is 13.1. The van der Waals surface area contributed by atoms with Gasteiger partial charge in [-0.3, -0.25) is 19.4 Å². The molecule has 2 aliphatic rings. The molecule has 0 atom stereocenters. The maximum Gasteiger partial charge on any atom is 0.303 e. The second-order valence-electron chi connectivity index (χ2n) is 8.51. The number of thiocarbonyl (C=S) groups is 1. The minimum Gasteiger partial charge on any atom is -0.492 e. The minimum absolute atomic E-state index is 0.0249. The number of halogens is 2. The average Bonchev–Trinajstić information content (AvgIpc) is 3.14. The Hall–Kier alpha value is -2.14. The van der Waals surface area contributed by atoms with E-state index in [0.29, 0.717) is 38.0 Å². The van der Waals surface area contributed by atoms with Crippen molar-refractivity contribution < 1.29 is 24.2 Å². The standard InChI is InChI=1S/C26H26Cl2N2O5S2/c27-20-5-3-18(15-21(20)28)17-4-6-22(35-13-10-29-8-11-34-12-9-29)19(14-17)16-23-25(33)30(26(36)37-23)7-1-2-24(31)32/h3-6,14-16H,1-2,7-13H2,(H,31,32)/b23-16-. The van der Waals surface area contributed by atoms with E-state index >= 15 is 0 Å². The molecule has 1 N–H and O–H groups in total. The number of benzene rings is 2. The molecular formula is C26H26Cl2N2O5S2. The van der Waals surface area contributed by atoms with Crippen LogP contribution in [0.1, 0.15) is 18.4 Å². The maximum atomic E-state index is 13.1. The fourth-order valence-corrected chi connectivity index (χ4v) is 5.58. The Morgan fingerprint density at radius 1 is 1.11 bits per heavy atom. The highest BCUT2D eigenvalue weighted by atomic mass is 35.5. The summed E-state index contributed by atoms with van der Waals surface area (Å²) in [5, 5.41) is 9.84. The first kappa shape index (κ1) is 27.9. The van der Waals surface area contributed by atoms with Crippen LogP contribution in [0.15, 0.2) is 41.3 Å². The smallest absolute Gasteiger partial charge is 0.303 e. The van der Waals surface area contributed by atoms with Crippen LogP contribution < -0.4 is 4.74 Å². The summed E-state index contributed by atoms with van der Waals surface area (Å²) in [6, 6.07) is 11.2. The summed E-state index contributed by atoms with van der Waals surface area (Å²) in [6.45, 7) is 4.70. The first-order valence-electron chi connectivity index (χ1n) is 11.8. The largest absolute Gasteiger partial charge is 0.492 e. The minimum atomic E-state index is -0.904. The van der Waals surface area contributed by atoms with Crippen LogP contribution in [0.4, 0.5) is 0 Å². The summed E-state index contributed by atoms with van der Waals surface area (Å²) in [6.07, 6.45) is 2.09. The number of rotatable bonds is 10. The molecule has 0 aliphatic carbocycles. The molecule has 0 spiro atoms. The van der Waals surface area contributed by atoms with E-state index in [2.05, 4.69) is 4.90 Å². The Bertz CT molecular complexity index is 1220. The van der Waals surface area contributed by atoms with Crippen LogP contribution in [0.25, 0.3) is 17.2 Å². The third-order valence-electron chi connectivity index (χ3n) is 5.96. The Labute approximate surface area is 235 Å².